The minimum absolute atomic E-state index is 0.746. The van der Waals surface area contributed by atoms with Crippen LogP contribution in [0.1, 0.15) is 0 Å². The monoisotopic (exact) mass is 252 g/mol. The molecule has 0 aliphatic rings. The van der Waals surface area contributed by atoms with Gasteiger partial charge in [0.1, 0.15) is 5.65 Å². The molecule has 0 spiro atoms. The Morgan fingerprint density at radius 3 is 2.78 bits per heavy atom. The van der Waals surface area contributed by atoms with E-state index in [4.69, 9.17) is 11.6 Å². The Kier molecular flexibility index (Phi) is 1.91. The SMILES string of the molecule is Clc1ccc2cc3nc4ccccc4cn3c2c1. The second-order valence-electron chi connectivity index (χ2n) is 4.38. The first kappa shape index (κ1) is 9.92. The van der Waals surface area contributed by atoms with Crippen LogP contribution in [-0.2, 0) is 0 Å². The van der Waals surface area contributed by atoms with Gasteiger partial charge in [0.25, 0.3) is 0 Å². The van der Waals surface area contributed by atoms with Crippen LogP contribution >= 0.6 is 11.6 Å². The number of nitrogens with zero attached hydrogens (tertiary/aromatic N) is 2. The zero-order valence-electron chi connectivity index (χ0n) is 9.47. The first-order chi connectivity index (χ1) is 8.81. The van der Waals surface area contributed by atoms with Gasteiger partial charge in [-0.05, 0) is 24.3 Å². The zero-order chi connectivity index (χ0) is 12.1. The van der Waals surface area contributed by atoms with Crippen molar-refractivity contribution in [3.8, 4) is 0 Å². The van der Waals surface area contributed by atoms with Crippen LogP contribution in [0.3, 0.4) is 0 Å². The van der Waals surface area contributed by atoms with Crippen LogP contribution < -0.4 is 0 Å². The summed E-state index contributed by atoms with van der Waals surface area (Å²) in [5.74, 6) is 0. The van der Waals surface area contributed by atoms with E-state index in [1.807, 2.05) is 36.4 Å². The van der Waals surface area contributed by atoms with E-state index in [1.165, 1.54) is 0 Å². The molecule has 4 aromatic rings. The molecule has 2 heterocycles. The lowest BCUT2D eigenvalue weighted by Gasteiger charge is -2.00. The summed E-state index contributed by atoms with van der Waals surface area (Å²) in [6, 6.07) is 16.1. The summed E-state index contributed by atoms with van der Waals surface area (Å²) < 4.78 is 2.09. The van der Waals surface area contributed by atoms with Crippen LogP contribution in [0.15, 0.2) is 54.7 Å². The Morgan fingerprint density at radius 2 is 1.83 bits per heavy atom. The molecule has 2 nitrogen and oxygen atoms in total. The molecule has 0 saturated heterocycles. The van der Waals surface area contributed by atoms with Crippen molar-refractivity contribution in [1.82, 2.24) is 9.38 Å². The third-order valence-electron chi connectivity index (χ3n) is 3.22. The van der Waals surface area contributed by atoms with Gasteiger partial charge in [0.2, 0.25) is 0 Å². The summed E-state index contributed by atoms with van der Waals surface area (Å²) in [5, 5.41) is 3.03. The third kappa shape index (κ3) is 1.33. The third-order valence-corrected chi connectivity index (χ3v) is 3.46. The Bertz CT molecular complexity index is 893. The zero-order valence-corrected chi connectivity index (χ0v) is 10.2. The average molecular weight is 253 g/mol. The molecular weight excluding hydrogens is 244 g/mol. The topological polar surface area (TPSA) is 17.3 Å². The lowest BCUT2D eigenvalue weighted by molar-refractivity contribution is 1.21. The van der Waals surface area contributed by atoms with Crippen molar-refractivity contribution in [2.45, 2.75) is 0 Å². The summed E-state index contributed by atoms with van der Waals surface area (Å²) in [7, 11) is 0. The Hall–Kier alpha value is -2.06. The molecule has 0 unspecified atom stereocenters. The minimum atomic E-state index is 0.746. The molecule has 2 aromatic carbocycles. The standard InChI is InChI=1S/C15H9ClN2/c16-12-6-5-10-7-15-17-13-4-2-1-3-11(13)9-18(15)14(10)8-12/h1-9H. The highest BCUT2D eigenvalue weighted by atomic mass is 35.5. The van der Waals surface area contributed by atoms with E-state index in [9.17, 15) is 0 Å². The van der Waals surface area contributed by atoms with Crippen molar-refractivity contribution in [2.24, 2.45) is 0 Å². The van der Waals surface area contributed by atoms with Crippen molar-refractivity contribution in [3.63, 3.8) is 0 Å². The normalized spacial score (nSPS) is 11.6. The fourth-order valence-corrected chi connectivity index (χ4v) is 2.53. The largest absolute Gasteiger partial charge is 0.300 e. The molecule has 0 aliphatic heterocycles. The smallest absolute Gasteiger partial charge is 0.138 e. The fraction of sp³-hybridized carbons (Fsp3) is 0. The van der Waals surface area contributed by atoms with Gasteiger partial charge in [-0.15, -0.1) is 0 Å². The van der Waals surface area contributed by atoms with Gasteiger partial charge in [-0.3, -0.25) is 0 Å². The second kappa shape index (κ2) is 3.47. The number of hydrogen-bond donors (Lipinski definition) is 0. The first-order valence-corrected chi connectivity index (χ1v) is 6.15. The van der Waals surface area contributed by atoms with Gasteiger partial charge in [-0.1, -0.05) is 35.9 Å². The van der Waals surface area contributed by atoms with E-state index in [0.717, 1.165) is 32.5 Å². The van der Waals surface area contributed by atoms with Crippen LogP contribution in [0.4, 0.5) is 0 Å². The highest BCUT2D eigenvalue weighted by molar-refractivity contribution is 6.31. The number of halogens is 1. The van der Waals surface area contributed by atoms with Crippen LogP contribution in [0.2, 0.25) is 5.02 Å². The maximum Gasteiger partial charge on any atom is 0.138 e. The van der Waals surface area contributed by atoms with Gasteiger partial charge < -0.3 is 4.40 Å². The highest BCUT2D eigenvalue weighted by Gasteiger charge is 2.05. The first-order valence-electron chi connectivity index (χ1n) is 5.77. The summed E-state index contributed by atoms with van der Waals surface area (Å²) in [6.07, 6.45) is 2.11. The number of rotatable bonds is 0. The molecule has 0 N–H and O–H groups in total. The summed E-state index contributed by atoms with van der Waals surface area (Å²) in [5.41, 5.74) is 3.06. The lowest BCUT2D eigenvalue weighted by Crippen LogP contribution is -1.88. The molecule has 0 atom stereocenters. The van der Waals surface area contributed by atoms with Crippen molar-refractivity contribution in [1.29, 1.82) is 0 Å². The molecule has 3 heteroatoms. The van der Waals surface area contributed by atoms with Crippen LogP contribution in [0.5, 0.6) is 0 Å². The van der Waals surface area contributed by atoms with Crippen LogP contribution in [0.25, 0.3) is 27.5 Å². The maximum atomic E-state index is 6.06. The second-order valence-corrected chi connectivity index (χ2v) is 4.81. The molecule has 0 saturated carbocycles. The van der Waals surface area contributed by atoms with E-state index in [-0.39, 0.29) is 0 Å². The number of aromatic nitrogens is 2. The maximum absolute atomic E-state index is 6.06. The van der Waals surface area contributed by atoms with E-state index >= 15 is 0 Å². The quantitative estimate of drug-likeness (QED) is 0.456. The van der Waals surface area contributed by atoms with Crippen LogP contribution in [0, 0.1) is 0 Å². The average Bonchev–Trinajstić information content (AvgIpc) is 2.73. The van der Waals surface area contributed by atoms with Gasteiger partial charge in [-0.25, -0.2) is 4.98 Å². The van der Waals surface area contributed by atoms with Crippen molar-refractivity contribution >= 4 is 39.1 Å². The van der Waals surface area contributed by atoms with Crippen molar-refractivity contribution in [2.75, 3.05) is 0 Å². The molecule has 0 aliphatic carbocycles. The predicted molar refractivity (Wildman–Crippen MR) is 75.2 cm³/mol. The summed E-state index contributed by atoms with van der Waals surface area (Å²) in [4.78, 5) is 4.66. The van der Waals surface area contributed by atoms with Gasteiger partial charge in [0.05, 0.1) is 11.0 Å². The summed E-state index contributed by atoms with van der Waals surface area (Å²) >= 11 is 6.06. The van der Waals surface area contributed by atoms with E-state index in [0.29, 0.717) is 0 Å². The van der Waals surface area contributed by atoms with E-state index < -0.39 is 0 Å². The molecular formula is C15H9ClN2. The van der Waals surface area contributed by atoms with E-state index in [1.54, 1.807) is 0 Å². The lowest BCUT2D eigenvalue weighted by atomic mass is 10.2. The number of fused-ring (bicyclic) bond motifs is 4. The predicted octanol–water partition coefficient (Wildman–Crippen LogP) is 4.29. The van der Waals surface area contributed by atoms with Crippen molar-refractivity contribution < 1.29 is 0 Å². The van der Waals surface area contributed by atoms with Gasteiger partial charge in [0, 0.05) is 22.0 Å². The van der Waals surface area contributed by atoms with Gasteiger partial charge in [0.15, 0.2) is 0 Å². The number of para-hydroxylation sites is 1. The fourth-order valence-electron chi connectivity index (χ4n) is 2.36. The molecule has 86 valence electrons. The minimum Gasteiger partial charge on any atom is -0.300 e. The molecule has 2 aromatic heterocycles. The Labute approximate surface area is 108 Å². The van der Waals surface area contributed by atoms with Gasteiger partial charge in [-0.2, -0.15) is 0 Å². The summed E-state index contributed by atoms with van der Waals surface area (Å²) in [6.45, 7) is 0. The van der Waals surface area contributed by atoms with Crippen molar-refractivity contribution in [3.05, 3.63) is 59.8 Å². The molecule has 0 radical (unpaired) electrons. The van der Waals surface area contributed by atoms with E-state index in [2.05, 4.69) is 27.7 Å². The molecule has 0 bridgehead atoms. The molecule has 0 fully saturated rings. The van der Waals surface area contributed by atoms with Crippen LogP contribution in [-0.4, -0.2) is 9.38 Å². The number of hydrogen-bond acceptors (Lipinski definition) is 1. The molecule has 0 amide bonds. The highest BCUT2D eigenvalue weighted by Crippen LogP contribution is 2.24. The molecule has 18 heavy (non-hydrogen) atoms. The van der Waals surface area contributed by atoms with Gasteiger partial charge >= 0.3 is 0 Å². The number of benzene rings is 2. The molecule has 4 rings (SSSR count). The Balaban J connectivity index is 2.25. The Morgan fingerprint density at radius 1 is 0.944 bits per heavy atom.